The lowest BCUT2D eigenvalue weighted by Crippen LogP contribution is -2.44. The molecule has 2 heterocycles. The van der Waals surface area contributed by atoms with Crippen LogP contribution >= 0.6 is 15.9 Å². The van der Waals surface area contributed by atoms with Crippen LogP contribution in [0.1, 0.15) is 24.0 Å². The molecule has 0 saturated carbocycles. The van der Waals surface area contributed by atoms with Crippen LogP contribution in [0.2, 0.25) is 0 Å². The van der Waals surface area contributed by atoms with E-state index < -0.39 is 10.2 Å². The van der Waals surface area contributed by atoms with Gasteiger partial charge in [-0.15, -0.1) is 0 Å². The molecule has 0 N–H and O–H groups in total. The van der Waals surface area contributed by atoms with Crippen LogP contribution in [-0.2, 0) is 23.2 Å². The van der Waals surface area contributed by atoms with Crippen molar-refractivity contribution in [3.63, 3.8) is 0 Å². The molecular formula is C13H17BrN2O2S. The molecule has 104 valence electrons. The zero-order chi connectivity index (χ0) is 13.5. The SMILES string of the molecule is O=S(=O)(N1CCCC1)N1CCc2c(Br)cccc2C1. The summed E-state index contributed by atoms with van der Waals surface area (Å²) in [6, 6.07) is 6.00. The maximum atomic E-state index is 12.5. The molecule has 1 aromatic rings. The molecule has 6 heteroatoms. The molecule has 0 unspecified atom stereocenters. The van der Waals surface area contributed by atoms with Gasteiger partial charge < -0.3 is 0 Å². The van der Waals surface area contributed by atoms with Gasteiger partial charge in [-0.3, -0.25) is 0 Å². The highest BCUT2D eigenvalue weighted by Crippen LogP contribution is 2.29. The lowest BCUT2D eigenvalue weighted by molar-refractivity contribution is 0.345. The number of fused-ring (bicyclic) bond motifs is 1. The Balaban J connectivity index is 1.85. The second-order valence-corrected chi connectivity index (χ2v) is 7.86. The van der Waals surface area contributed by atoms with E-state index >= 15 is 0 Å². The Morgan fingerprint density at radius 2 is 1.79 bits per heavy atom. The van der Waals surface area contributed by atoms with Crippen molar-refractivity contribution in [3.8, 4) is 0 Å². The summed E-state index contributed by atoms with van der Waals surface area (Å²) in [4.78, 5) is 0. The number of halogens is 1. The minimum absolute atomic E-state index is 0.494. The van der Waals surface area contributed by atoms with E-state index in [1.807, 2.05) is 18.2 Å². The van der Waals surface area contributed by atoms with Crippen molar-refractivity contribution >= 4 is 26.1 Å². The molecule has 0 atom stereocenters. The van der Waals surface area contributed by atoms with Gasteiger partial charge in [0.05, 0.1) is 0 Å². The van der Waals surface area contributed by atoms with Crippen molar-refractivity contribution in [2.75, 3.05) is 19.6 Å². The Morgan fingerprint density at radius 1 is 1.05 bits per heavy atom. The van der Waals surface area contributed by atoms with Gasteiger partial charge in [0.2, 0.25) is 0 Å². The monoisotopic (exact) mass is 344 g/mol. The number of benzene rings is 1. The van der Waals surface area contributed by atoms with Crippen LogP contribution in [0.3, 0.4) is 0 Å². The highest BCUT2D eigenvalue weighted by Gasteiger charge is 2.33. The van der Waals surface area contributed by atoms with Crippen LogP contribution in [0, 0.1) is 0 Å². The average molecular weight is 345 g/mol. The summed E-state index contributed by atoms with van der Waals surface area (Å²) >= 11 is 3.54. The lowest BCUT2D eigenvalue weighted by atomic mass is 10.0. The minimum Gasteiger partial charge on any atom is -0.195 e. The smallest absolute Gasteiger partial charge is 0.195 e. The van der Waals surface area contributed by atoms with E-state index in [1.54, 1.807) is 8.61 Å². The normalized spacial score (nSPS) is 21.5. The van der Waals surface area contributed by atoms with Crippen LogP contribution in [0.5, 0.6) is 0 Å². The largest absolute Gasteiger partial charge is 0.282 e. The van der Waals surface area contributed by atoms with E-state index in [-0.39, 0.29) is 0 Å². The second-order valence-electron chi connectivity index (χ2n) is 5.07. The van der Waals surface area contributed by atoms with Crippen LogP contribution in [0.15, 0.2) is 22.7 Å². The average Bonchev–Trinajstić information content (AvgIpc) is 2.93. The molecule has 2 aliphatic heterocycles. The van der Waals surface area contributed by atoms with Gasteiger partial charge in [-0.2, -0.15) is 17.0 Å². The van der Waals surface area contributed by atoms with E-state index in [9.17, 15) is 8.42 Å². The van der Waals surface area contributed by atoms with Crippen molar-refractivity contribution in [1.29, 1.82) is 0 Å². The summed E-state index contributed by atoms with van der Waals surface area (Å²) < 4.78 is 29.4. The van der Waals surface area contributed by atoms with Crippen molar-refractivity contribution in [1.82, 2.24) is 8.61 Å². The van der Waals surface area contributed by atoms with Gasteiger partial charge >= 0.3 is 0 Å². The molecule has 0 aliphatic carbocycles. The summed E-state index contributed by atoms with van der Waals surface area (Å²) in [5.74, 6) is 0. The van der Waals surface area contributed by atoms with Gasteiger partial charge in [0.15, 0.2) is 0 Å². The minimum atomic E-state index is -3.27. The van der Waals surface area contributed by atoms with Gasteiger partial charge in [0.25, 0.3) is 10.2 Å². The van der Waals surface area contributed by atoms with Gasteiger partial charge in [-0.25, -0.2) is 0 Å². The molecule has 1 fully saturated rings. The standard InChI is InChI=1S/C13H17BrN2O2S/c14-13-5-3-4-11-10-16(9-6-12(11)13)19(17,18)15-7-1-2-8-15/h3-5H,1-2,6-10H2. The van der Waals surface area contributed by atoms with E-state index in [0.717, 1.165) is 29.3 Å². The molecule has 0 amide bonds. The topological polar surface area (TPSA) is 40.6 Å². The molecule has 0 aromatic heterocycles. The van der Waals surface area contributed by atoms with Gasteiger partial charge in [-0.1, -0.05) is 28.1 Å². The molecule has 1 aromatic carbocycles. The quantitative estimate of drug-likeness (QED) is 0.824. The second kappa shape index (κ2) is 5.16. The third kappa shape index (κ3) is 2.46. The zero-order valence-electron chi connectivity index (χ0n) is 10.7. The molecular weight excluding hydrogens is 328 g/mol. The Hall–Kier alpha value is -0.430. The fraction of sp³-hybridized carbons (Fsp3) is 0.538. The van der Waals surface area contributed by atoms with Gasteiger partial charge in [0, 0.05) is 30.7 Å². The Labute approximate surface area is 122 Å². The first kappa shape index (κ1) is 13.5. The maximum absolute atomic E-state index is 12.5. The van der Waals surface area contributed by atoms with Gasteiger partial charge in [0.1, 0.15) is 0 Å². The summed E-state index contributed by atoms with van der Waals surface area (Å²) in [6.07, 6.45) is 2.74. The van der Waals surface area contributed by atoms with Crippen LogP contribution in [-0.4, -0.2) is 36.7 Å². The highest BCUT2D eigenvalue weighted by atomic mass is 79.9. The van der Waals surface area contributed by atoms with Crippen molar-refractivity contribution in [2.24, 2.45) is 0 Å². The number of hydrogen-bond acceptors (Lipinski definition) is 2. The number of hydrogen-bond donors (Lipinski definition) is 0. The summed E-state index contributed by atoms with van der Waals surface area (Å²) in [5, 5.41) is 0. The summed E-state index contributed by atoms with van der Waals surface area (Å²) in [6.45, 7) is 2.41. The Morgan fingerprint density at radius 3 is 2.53 bits per heavy atom. The Kier molecular flexibility index (Phi) is 3.68. The molecule has 2 aliphatic rings. The maximum Gasteiger partial charge on any atom is 0.282 e. The molecule has 19 heavy (non-hydrogen) atoms. The predicted molar refractivity (Wildman–Crippen MR) is 78.0 cm³/mol. The van der Waals surface area contributed by atoms with E-state index in [4.69, 9.17) is 0 Å². The van der Waals surface area contributed by atoms with E-state index in [2.05, 4.69) is 15.9 Å². The lowest BCUT2D eigenvalue weighted by Gasteiger charge is -2.31. The molecule has 3 rings (SSSR count). The molecule has 4 nitrogen and oxygen atoms in total. The Bertz CT molecular complexity index is 582. The van der Waals surface area contributed by atoms with E-state index in [0.29, 0.717) is 26.2 Å². The number of rotatable bonds is 2. The zero-order valence-corrected chi connectivity index (χ0v) is 13.1. The van der Waals surface area contributed by atoms with Gasteiger partial charge in [-0.05, 0) is 36.5 Å². The first-order valence-electron chi connectivity index (χ1n) is 6.60. The molecule has 0 bridgehead atoms. The number of nitrogens with zero attached hydrogens (tertiary/aromatic N) is 2. The molecule has 1 saturated heterocycles. The third-order valence-corrected chi connectivity index (χ3v) is 6.62. The summed E-state index contributed by atoms with van der Waals surface area (Å²) in [7, 11) is -3.27. The van der Waals surface area contributed by atoms with Crippen molar-refractivity contribution in [2.45, 2.75) is 25.8 Å². The van der Waals surface area contributed by atoms with Crippen molar-refractivity contribution in [3.05, 3.63) is 33.8 Å². The molecule has 0 spiro atoms. The fourth-order valence-corrected chi connectivity index (χ4v) is 5.09. The third-order valence-electron chi connectivity index (χ3n) is 3.89. The molecule has 0 radical (unpaired) electrons. The first-order valence-corrected chi connectivity index (χ1v) is 8.79. The van der Waals surface area contributed by atoms with E-state index in [1.165, 1.54) is 5.56 Å². The fourth-order valence-electron chi connectivity index (χ4n) is 2.82. The van der Waals surface area contributed by atoms with Crippen LogP contribution in [0.25, 0.3) is 0 Å². The highest BCUT2D eigenvalue weighted by molar-refractivity contribution is 9.10. The van der Waals surface area contributed by atoms with Crippen LogP contribution < -0.4 is 0 Å². The van der Waals surface area contributed by atoms with Crippen molar-refractivity contribution < 1.29 is 8.42 Å². The van der Waals surface area contributed by atoms with Crippen LogP contribution in [0.4, 0.5) is 0 Å². The first-order chi connectivity index (χ1) is 9.09. The predicted octanol–water partition coefficient (Wildman–Crippen LogP) is 2.15. The summed E-state index contributed by atoms with van der Waals surface area (Å²) in [5.41, 5.74) is 2.36.